The van der Waals surface area contributed by atoms with E-state index in [4.69, 9.17) is 5.11 Å². The third-order valence-corrected chi connectivity index (χ3v) is 5.93. The fraction of sp³-hybridized carbons (Fsp3) is 0.571. The lowest BCUT2D eigenvalue weighted by atomic mass is 10.2. The Labute approximate surface area is 126 Å². The molecule has 0 fully saturated rings. The lowest BCUT2D eigenvalue weighted by Gasteiger charge is -2.26. The summed E-state index contributed by atoms with van der Waals surface area (Å²) in [7, 11) is -1.65. The summed E-state index contributed by atoms with van der Waals surface area (Å²) in [6.07, 6.45) is 2.79. The zero-order chi connectivity index (χ0) is 15.2. The van der Waals surface area contributed by atoms with Gasteiger partial charge < -0.3 is 5.11 Å². The SMILES string of the molecule is CCC(CSC)N(C)S(=O)(=O)Cc1ccc(CO)cc1. The number of hydrogen-bond acceptors (Lipinski definition) is 4. The Hall–Kier alpha value is -0.560. The predicted molar refractivity (Wildman–Crippen MR) is 85.2 cm³/mol. The molecule has 0 aliphatic heterocycles. The van der Waals surface area contributed by atoms with Gasteiger partial charge in [-0.25, -0.2) is 12.7 Å². The molecule has 114 valence electrons. The van der Waals surface area contributed by atoms with Crippen LogP contribution < -0.4 is 0 Å². The van der Waals surface area contributed by atoms with Crippen molar-refractivity contribution in [1.29, 1.82) is 0 Å². The predicted octanol–water partition coefficient (Wildman–Crippen LogP) is 2.08. The second kappa shape index (κ2) is 8.02. The first-order valence-electron chi connectivity index (χ1n) is 6.58. The number of aliphatic hydroxyl groups is 1. The average Bonchev–Trinajstić information content (AvgIpc) is 2.44. The van der Waals surface area contributed by atoms with Crippen LogP contribution in [0.4, 0.5) is 0 Å². The molecule has 0 saturated carbocycles. The maximum Gasteiger partial charge on any atom is 0.218 e. The fourth-order valence-corrected chi connectivity index (χ4v) is 4.39. The molecule has 0 bridgehead atoms. The van der Waals surface area contributed by atoms with Crippen molar-refractivity contribution in [2.45, 2.75) is 31.7 Å². The van der Waals surface area contributed by atoms with Gasteiger partial charge in [-0.15, -0.1) is 0 Å². The van der Waals surface area contributed by atoms with Crippen molar-refractivity contribution in [3.8, 4) is 0 Å². The van der Waals surface area contributed by atoms with E-state index in [2.05, 4.69) is 0 Å². The summed E-state index contributed by atoms with van der Waals surface area (Å²) in [5.74, 6) is 0.801. The van der Waals surface area contributed by atoms with Gasteiger partial charge in [0, 0.05) is 18.8 Å². The van der Waals surface area contributed by atoms with Gasteiger partial charge in [0.05, 0.1) is 12.4 Å². The highest BCUT2D eigenvalue weighted by Crippen LogP contribution is 2.17. The molecule has 0 spiro atoms. The van der Waals surface area contributed by atoms with Crippen LogP contribution in [0.25, 0.3) is 0 Å². The van der Waals surface area contributed by atoms with E-state index in [1.807, 2.05) is 13.2 Å². The molecule has 1 unspecified atom stereocenters. The van der Waals surface area contributed by atoms with Crippen LogP contribution in [0, 0.1) is 0 Å². The standard InChI is InChI=1S/C14H23NO3S2/c1-4-14(10-19-3)15(2)20(17,18)11-13-7-5-12(9-16)6-8-13/h5-8,14,16H,4,9-11H2,1-3H3. The smallest absolute Gasteiger partial charge is 0.218 e. The molecule has 0 amide bonds. The number of rotatable bonds is 8. The normalized spacial score (nSPS) is 13.7. The molecule has 6 heteroatoms. The molecule has 1 N–H and O–H groups in total. The topological polar surface area (TPSA) is 57.6 Å². The van der Waals surface area contributed by atoms with Gasteiger partial charge in [-0.2, -0.15) is 11.8 Å². The van der Waals surface area contributed by atoms with Gasteiger partial charge in [-0.3, -0.25) is 0 Å². The molecule has 20 heavy (non-hydrogen) atoms. The van der Waals surface area contributed by atoms with E-state index in [1.165, 1.54) is 4.31 Å². The van der Waals surface area contributed by atoms with Crippen molar-refractivity contribution >= 4 is 21.8 Å². The molecule has 1 aromatic carbocycles. The molecule has 1 aromatic rings. The Kier molecular flexibility index (Phi) is 7.02. The highest BCUT2D eigenvalue weighted by molar-refractivity contribution is 7.98. The molecular weight excluding hydrogens is 294 g/mol. The van der Waals surface area contributed by atoms with Crippen molar-refractivity contribution < 1.29 is 13.5 Å². The summed E-state index contributed by atoms with van der Waals surface area (Å²) >= 11 is 1.66. The Bertz CT molecular complexity index is 500. The quantitative estimate of drug-likeness (QED) is 0.797. The van der Waals surface area contributed by atoms with Gasteiger partial charge in [-0.05, 0) is 23.8 Å². The molecular formula is C14H23NO3S2. The minimum absolute atomic E-state index is 0.0000888. The van der Waals surface area contributed by atoms with Crippen molar-refractivity contribution in [1.82, 2.24) is 4.31 Å². The van der Waals surface area contributed by atoms with Crippen molar-refractivity contribution in [2.75, 3.05) is 19.1 Å². The Balaban J connectivity index is 2.81. The zero-order valence-corrected chi connectivity index (χ0v) is 13.9. The lowest BCUT2D eigenvalue weighted by Crippen LogP contribution is -2.38. The van der Waals surface area contributed by atoms with Crippen molar-refractivity contribution in [2.24, 2.45) is 0 Å². The van der Waals surface area contributed by atoms with E-state index in [0.29, 0.717) is 0 Å². The van der Waals surface area contributed by atoms with Gasteiger partial charge in [0.25, 0.3) is 0 Å². The second-order valence-electron chi connectivity index (χ2n) is 4.76. The second-order valence-corrected chi connectivity index (χ2v) is 7.70. The highest BCUT2D eigenvalue weighted by atomic mass is 32.2. The van der Waals surface area contributed by atoms with Crippen molar-refractivity contribution in [3.63, 3.8) is 0 Å². The summed E-state index contributed by atoms with van der Waals surface area (Å²) in [5.41, 5.74) is 1.53. The number of benzene rings is 1. The number of hydrogen-bond donors (Lipinski definition) is 1. The molecule has 0 aromatic heterocycles. The molecule has 1 rings (SSSR count). The first kappa shape index (κ1) is 17.5. The van der Waals surface area contributed by atoms with Crippen LogP contribution in [-0.2, 0) is 22.4 Å². The van der Waals surface area contributed by atoms with Crippen LogP contribution in [0.2, 0.25) is 0 Å². The van der Waals surface area contributed by atoms with Crippen LogP contribution >= 0.6 is 11.8 Å². The molecule has 0 saturated heterocycles. The summed E-state index contributed by atoms with van der Waals surface area (Å²) in [6, 6.07) is 7.05. The number of aliphatic hydroxyl groups excluding tert-OH is 1. The summed E-state index contributed by atoms with van der Waals surface area (Å²) in [5, 5.41) is 8.98. The number of nitrogens with zero attached hydrogens (tertiary/aromatic N) is 1. The molecule has 0 aliphatic rings. The number of sulfonamides is 1. The Morgan fingerprint density at radius 2 is 1.80 bits per heavy atom. The first-order valence-corrected chi connectivity index (χ1v) is 9.58. The molecule has 4 nitrogen and oxygen atoms in total. The minimum Gasteiger partial charge on any atom is -0.392 e. The van der Waals surface area contributed by atoms with Crippen LogP contribution in [0.1, 0.15) is 24.5 Å². The molecule has 0 aliphatic carbocycles. The van der Waals surface area contributed by atoms with Crippen molar-refractivity contribution in [3.05, 3.63) is 35.4 Å². The van der Waals surface area contributed by atoms with E-state index in [-0.39, 0.29) is 18.4 Å². The largest absolute Gasteiger partial charge is 0.392 e. The van der Waals surface area contributed by atoms with Gasteiger partial charge >= 0.3 is 0 Å². The molecule has 0 radical (unpaired) electrons. The monoisotopic (exact) mass is 317 g/mol. The minimum atomic E-state index is -3.31. The fourth-order valence-electron chi connectivity index (χ4n) is 1.95. The van der Waals surface area contributed by atoms with Gasteiger partial charge in [0.2, 0.25) is 10.0 Å². The molecule has 1 atom stereocenters. The van der Waals surface area contributed by atoms with Crippen LogP contribution in [-0.4, -0.2) is 42.9 Å². The van der Waals surface area contributed by atoms with Gasteiger partial charge in [0.15, 0.2) is 0 Å². The third kappa shape index (κ3) is 4.77. The van der Waals surface area contributed by atoms with Crippen LogP contribution in [0.15, 0.2) is 24.3 Å². The van der Waals surface area contributed by atoms with E-state index >= 15 is 0 Å². The summed E-state index contributed by atoms with van der Waals surface area (Å²) < 4.78 is 26.3. The van der Waals surface area contributed by atoms with Gasteiger partial charge in [-0.1, -0.05) is 31.2 Å². The number of thioether (sulfide) groups is 1. The third-order valence-electron chi connectivity index (χ3n) is 3.34. The Morgan fingerprint density at radius 1 is 1.25 bits per heavy atom. The Morgan fingerprint density at radius 3 is 2.25 bits per heavy atom. The van der Waals surface area contributed by atoms with E-state index in [0.717, 1.165) is 23.3 Å². The highest BCUT2D eigenvalue weighted by Gasteiger charge is 2.24. The van der Waals surface area contributed by atoms with Gasteiger partial charge in [0.1, 0.15) is 0 Å². The lowest BCUT2D eigenvalue weighted by molar-refractivity contribution is 0.282. The first-order chi connectivity index (χ1) is 9.44. The zero-order valence-electron chi connectivity index (χ0n) is 12.2. The van der Waals surface area contributed by atoms with Crippen LogP contribution in [0.3, 0.4) is 0 Å². The molecule has 0 heterocycles. The van der Waals surface area contributed by atoms with E-state index < -0.39 is 10.0 Å². The average molecular weight is 317 g/mol. The maximum atomic E-state index is 12.4. The van der Waals surface area contributed by atoms with E-state index in [1.54, 1.807) is 43.1 Å². The van der Waals surface area contributed by atoms with E-state index in [9.17, 15) is 8.42 Å². The summed E-state index contributed by atoms with van der Waals surface area (Å²) in [4.78, 5) is 0. The maximum absolute atomic E-state index is 12.4. The summed E-state index contributed by atoms with van der Waals surface area (Å²) in [6.45, 7) is 1.97. The van der Waals surface area contributed by atoms with Crippen LogP contribution in [0.5, 0.6) is 0 Å².